The van der Waals surface area contributed by atoms with E-state index in [0.29, 0.717) is 11.8 Å². The average Bonchev–Trinajstić information content (AvgIpc) is 2.64. The van der Waals surface area contributed by atoms with E-state index >= 15 is 0 Å². The van der Waals surface area contributed by atoms with Gasteiger partial charge < -0.3 is 5.11 Å². The quantitative estimate of drug-likeness (QED) is 0.672. The first-order valence-electron chi connectivity index (χ1n) is 4.93. The number of rotatable bonds is 3. The van der Waals surface area contributed by atoms with Crippen molar-refractivity contribution in [2.45, 2.75) is 32.1 Å². The summed E-state index contributed by atoms with van der Waals surface area (Å²) in [5.41, 5.74) is 0. The molecule has 0 aromatic carbocycles. The number of carbonyl (C=O) groups is 2. The minimum absolute atomic E-state index is 0.274. The molecule has 0 radical (unpaired) electrons. The Balaban J connectivity index is 1.90. The van der Waals surface area contributed by atoms with Gasteiger partial charge in [0.05, 0.1) is 0 Å². The smallest absolute Gasteiger partial charge is 0.372 e. The van der Waals surface area contributed by atoms with Crippen LogP contribution in [0.3, 0.4) is 0 Å². The van der Waals surface area contributed by atoms with Gasteiger partial charge in [-0.15, -0.1) is 0 Å². The summed E-state index contributed by atoms with van der Waals surface area (Å²) in [7, 11) is 0. The molecule has 2 aliphatic rings. The van der Waals surface area contributed by atoms with Crippen molar-refractivity contribution < 1.29 is 14.7 Å². The molecular formula is C10H14O3. The number of ketones is 1. The number of carbonyl (C=O) groups excluding carboxylic acids is 1. The highest BCUT2D eigenvalue weighted by Crippen LogP contribution is 2.49. The predicted molar refractivity (Wildman–Crippen MR) is 46.2 cm³/mol. The van der Waals surface area contributed by atoms with Crippen molar-refractivity contribution in [3.05, 3.63) is 0 Å². The number of carboxylic acids is 1. The van der Waals surface area contributed by atoms with Gasteiger partial charge in [-0.25, -0.2) is 4.79 Å². The van der Waals surface area contributed by atoms with Gasteiger partial charge in [-0.2, -0.15) is 0 Å². The third-order valence-corrected chi connectivity index (χ3v) is 3.57. The number of carboxylic acid groups (broad SMARTS) is 1. The third kappa shape index (κ3) is 1.60. The number of hydrogen-bond donors (Lipinski definition) is 1. The lowest BCUT2D eigenvalue weighted by atomic mass is 9.85. The highest BCUT2D eigenvalue weighted by molar-refractivity contribution is 6.32. The molecule has 0 aromatic heterocycles. The lowest BCUT2D eigenvalue weighted by Crippen LogP contribution is -2.20. The summed E-state index contributed by atoms with van der Waals surface area (Å²) in [4.78, 5) is 21.3. The van der Waals surface area contributed by atoms with Crippen molar-refractivity contribution in [2.24, 2.45) is 17.8 Å². The zero-order valence-corrected chi connectivity index (χ0v) is 7.53. The molecule has 2 bridgehead atoms. The zero-order chi connectivity index (χ0) is 9.42. The zero-order valence-electron chi connectivity index (χ0n) is 7.53. The van der Waals surface area contributed by atoms with E-state index in [9.17, 15) is 9.59 Å². The van der Waals surface area contributed by atoms with E-state index in [1.165, 1.54) is 19.3 Å². The van der Waals surface area contributed by atoms with Crippen molar-refractivity contribution >= 4 is 11.8 Å². The van der Waals surface area contributed by atoms with E-state index in [1.54, 1.807) is 0 Å². The van der Waals surface area contributed by atoms with Crippen LogP contribution in [0.1, 0.15) is 32.1 Å². The molecule has 3 atom stereocenters. The molecular weight excluding hydrogens is 168 g/mol. The number of hydrogen-bond acceptors (Lipinski definition) is 2. The lowest BCUT2D eigenvalue weighted by molar-refractivity contribution is -0.149. The molecule has 72 valence electrons. The van der Waals surface area contributed by atoms with Gasteiger partial charge in [-0.1, -0.05) is 6.42 Å². The molecule has 1 N–H and O–H groups in total. The topological polar surface area (TPSA) is 54.4 Å². The standard InChI is InChI=1S/C10H14O3/c11-9(10(12)13)5-8-4-6-1-2-7(8)3-6/h6-8H,1-5H2,(H,12,13). The Kier molecular flexibility index (Phi) is 2.10. The molecule has 0 spiro atoms. The summed E-state index contributed by atoms with van der Waals surface area (Å²) in [6, 6.07) is 0. The van der Waals surface area contributed by atoms with Gasteiger partial charge in [0, 0.05) is 6.42 Å². The normalized spacial score (nSPS) is 36.5. The van der Waals surface area contributed by atoms with E-state index in [2.05, 4.69) is 0 Å². The van der Waals surface area contributed by atoms with Gasteiger partial charge in [-0.3, -0.25) is 4.79 Å². The van der Waals surface area contributed by atoms with Gasteiger partial charge >= 0.3 is 5.97 Å². The van der Waals surface area contributed by atoms with Crippen LogP contribution in [-0.2, 0) is 9.59 Å². The Labute approximate surface area is 77.1 Å². The summed E-state index contributed by atoms with van der Waals surface area (Å²) in [5, 5.41) is 8.46. The molecule has 2 aliphatic carbocycles. The molecule has 3 heteroatoms. The maximum absolute atomic E-state index is 11.0. The van der Waals surface area contributed by atoms with Crippen LogP contribution in [0.4, 0.5) is 0 Å². The fraction of sp³-hybridized carbons (Fsp3) is 0.800. The van der Waals surface area contributed by atoms with Crippen molar-refractivity contribution in [3.8, 4) is 0 Å². The second kappa shape index (κ2) is 3.13. The lowest BCUT2D eigenvalue weighted by Gasteiger charge is -2.19. The van der Waals surface area contributed by atoms with Crippen molar-refractivity contribution in [2.75, 3.05) is 0 Å². The third-order valence-electron chi connectivity index (χ3n) is 3.57. The second-order valence-electron chi connectivity index (χ2n) is 4.37. The highest BCUT2D eigenvalue weighted by Gasteiger charge is 2.40. The fourth-order valence-corrected chi connectivity index (χ4v) is 2.95. The molecule has 0 aliphatic heterocycles. The summed E-state index contributed by atoms with van der Waals surface area (Å²) < 4.78 is 0. The van der Waals surface area contributed by atoms with Crippen molar-refractivity contribution in [1.29, 1.82) is 0 Å². The SMILES string of the molecule is O=C(O)C(=O)CC1CC2CCC1C2. The maximum Gasteiger partial charge on any atom is 0.372 e. The van der Waals surface area contributed by atoms with Crippen LogP contribution in [0.2, 0.25) is 0 Å². The monoisotopic (exact) mass is 182 g/mol. The van der Waals surface area contributed by atoms with Gasteiger partial charge in [0.1, 0.15) is 0 Å². The molecule has 0 heterocycles. The predicted octanol–water partition coefficient (Wildman–Crippen LogP) is 1.47. The van der Waals surface area contributed by atoms with Crippen LogP contribution in [0, 0.1) is 17.8 Å². The van der Waals surface area contributed by atoms with E-state index in [0.717, 1.165) is 12.3 Å². The second-order valence-corrected chi connectivity index (χ2v) is 4.37. The Hall–Kier alpha value is -0.860. The van der Waals surface area contributed by atoms with Crippen LogP contribution >= 0.6 is 0 Å². The van der Waals surface area contributed by atoms with Gasteiger partial charge in [0.25, 0.3) is 0 Å². The number of fused-ring (bicyclic) bond motifs is 2. The van der Waals surface area contributed by atoms with E-state index in [-0.39, 0.29) is 6.42 Å². The van der Waals surface area contributed by atoms with E-state index < -0.39 is 11.8 Å². The van der Waals surface area contributed by atoms with Gasteiger partial charge in [-0.05, 0) is 37.0 Å². The van der Waals surface area contributed by atoms with Crippen LogP contribution < -0.4 is 0 Å². The van der Waals surface area contributed by atoms with Gasteiger partial charge in [0.2, 0.25) is 5.78 Å². The van der Waals surface area contributed by atoms with Gasteiger partial charge in [0.15, 0.2) is 0 Å². The summed E-state index contributed by atoms with van der Waals surface area (Å²) >= 11 is 0. The Morgan fingerprint density at radius 3 is 2.46 bits per heavy atom. The van der Waals surface area contributed by atoms with Crippen LogP contribution in [0.5, 0.6) is 0 Å². The summed E-state index contributed by atoms with van der Waals surface area (Å²) in [6.45, 7) is 0. The fourth-order valence-electron chi connectivity index (χ4n) is 2.95. The Bertz CT molecular complexity index is 247. The van der Waals surface area contributed by atoms with Crippen LogP contribution in [-0.4, -0.2) is 16.9 Å². The minimum Gasteiger partial charge on any atom is -0.476 e. The first kappa shape index (κ1) is 8.73. The maximum atomic E-state index is 11.0. The first-order chi connectivity index (χ1) is 6.16. The first-order valence-corrected chi connectivity index (χ1v) is 4.93. The van der Waals surface area contributed by atoms with Crippen molar-refractivity contribution in [1.82, 2.24) is 0 Å². The van der Waals surface area contributed by atoms with E-state index in [1.807, 2.05) is 0 Å². The van der Waals surface area contributed by atoms with Crippen molar-refractivity contribution in [3.63, 3.8) is 0 Å². The molecule has 0 aromatic rings. The Morgan fingerprint density at radius 1 is 1.23 bits per heavy atom. The molecule has 2 saturated carbocycles. The number of Topliss-reactive ketones (excluding diaryl/α,β-unsaturated/α-hetero) is 1. The molecule has 0 amide bonds. The molecule has 3 unspecified atom stereocenters. The van der Waals surface area contributed by atoms with E-state index in [4.69, 9.17) is 5.11 Å². The Morgan fingerprint density at radius 2 is 2.00 bits per heavy atom. The largest absolute Gasteiger partial charge is 0.476 e. The molecule has 0 saturated heterocycles. The highest BCUT2D eigenvalue weighted by atomic mass is 16.4. The van der Waals surface area contributed by atoms with Crippen LogP contribution in [0.25, 0.3) is 0 Å². The minimum atomic E-state index is -1.26. The number of aliphatic carboxylic acids is 1. The summed E-state index contributed by atoms with van der Waals surface area (Å²) in [6.07, 6.45) is 5.10. The molecule has 2 fully saturated rings. The molecule has 2 rings (SSSR count). The average molecular weight is 182 g/mol. The molecule has 13 heavy (non-hydrogen) atoms. The molecule has 3 nitrogen and oxygen atoms in total. The van der Waals surface area contributed by atoms with Crippen LogP contribution in [0.15, 0.2) is 0 Å². The summed E-state index contributed by atoms with van der Waals surface area (Å²) in [5.74, 6) is -0.0485.